The predicted molar refractivity (Wildman–Crippen MR) is 31.1 cm³/mol. The Balaban J connectivity index is 2.44. The highest BCUT2D eigenvalue weighted by Gasteiger charge is 2.30. The smallest absolute Gasteiger partial charge is 0.347 e. The molecule has 0 bridgehead atoms. The first kappa shape index (κ1) is 7.05. The van der Waals surface area contributed by atoms with Gasteiger partial charge < -0.3 is 9.47 Å². The molecule has 4 heteroatoms. The summed E-state index contributed by atoms with van der Waals surface area (Å²) in [6, 6.07) is 0. The Hall–Kier alpha value is -1.06. The fourth-order valence-electron chi connectivity index (χ4n) is 0.823. The molecule has 0 N–H and O–H groups in total. The van der Waals surface area contributed by atoms with Crippen molar-refractivity contribution in [1.82, 2.24) is 0 Å². The number of carbonyl (C=O) groups is 2. The maximum atomic E-state index is 10.7. The van der Waals surface area contributed by atoms with Crippen LogP contribution >= 0.6 is 0 Å². The number of esters is 2. The minimum absolute atomic E-state index is 0.319. The molecule has 1 rings (SSSR count). The van der Waals surface area contributed by atoms with Gasteiger partial charge in [-0.15, -0.1) is 0 Å². The number of rotatable bonds is 1. The Bertz CT molecular complexity index is 163. The summed E-state index contributed by atoms with van der Waals surface area (Å²) in [5.74, 6) is -0.791. The van der Waals surface area contributed by atoms with E-state index in [0.29, 0.717) is 12.8 Å². The van der Waals surface area contributed by atoms with Crippen LogP contribution in [0.2, 0.25) is 0 Å². The second-order valence-electron chi connectivity index (χ2n) is 2.04. The molecule has 0 aromatic heterocycles. The van der Waals surface area contributed by atoms with E-state index in [9.17, 15) is 9.59 Å². The second-order valence-corrected chi connectivity index (χ2v) is 2.04. The van der Waals surface area contributed by atoms with Crippen LogP contribution in [-0.4, -0.2) is 25.2 Å². The van der Waals surface area contributed by atoms with Gasteiger partial charge in [-0.3, -0.25) is 4.79 Å². The van der Waals surface area contributed by atoms with E-state index in [0.717, 1.165) is 0 Å². The summed E-state index contributed by atoms with van der Waals surface area (Å²) >= 11 is 0. The van der Waals surface area contributed by atoms with Crippen LogP contribution in [0.15, 0.2) is 0 Å². The monoisotopic (exact) mass is 144 g/mol. The van der Waals surface area contributed by atoms with Crippen molar-refractivity contribution in [3.05, 3.63) is 0 Å². The van der Waals surface area contributed by atoms with Gasteiger partial charge in [0.1, 0.15) is 0 Å². The molecule has 0 amide bonds. The predicted octanol–water partition coefficient (Wildman–Crippen LogP) is -0.135. The first-order valence-corrected chi connectivity index (χ1v) is 3.01. The fraction of sp³-hybridized carbons (Fsp3) is 0.667. The Morgan fingerprint density at radius 3 is 2.90 bits per heavy atom. The number of ether oxygens (including phenoxy) is 2. The third-order valence-corrected chi connectivity index (χ3v) is 1.35. The van der Waals surface area contributed by atoms with Crippen molar-refractivity contribution in [1.29, 1.82) is 0 Å². The van der Waals surface area contributed by atoms with Gasteiger partial charge in [0.2, 0.25) is 0 Å². The van der Waals surface area contributed by atoms with Gasteiger partial charge in [-0.25, -0.2) is 4.79 Å². The molecule has 4 nitrogen and oxygen atoms in total. The summed E-state index contributed by atoms with van der Waals surface area (Å²) in [4.78, 5) is 21.1. The molecule has 0 aromatic carbocycles. The summed E-state index contributed by atoms with van der Waals surface area (Å²) in [7, 11) is 1.27. The fourth-order valence-corrected chi connectivity index (χ4v) is 0.823. The van der Waals surface area contributed by atoms with Gasteiger partial charge >= 0.3 is 11.9 Å². The van der Waals surface area contributed by atoms with E-state index < -0.39 is 12.1 Å². The standard InChI is InChI=1S/C6H8O4/c1-9-6(8)4-2-3-5(7)10-4/h4H,2-3H2,1H3. The normalized spacial score (nSPS) is 24.1. The minimum Gasteiger partial charge on any atom is -0.466 e. The molecule has 1 atom stereocenters. The summed E-state index contributed by atoms with van der Waals surface area (Å²) in [6.07, 6.45) is 0.114. The molecule has 1 heterocycles. The van der Waals surface area contributed by atoms with Crippen molar-refractivity contribution >= 4 is 11.9 Å². The third kappa shape index (κ3) is 1.26. The zero-order valence-electron chi connectivity index (χ0n) is 5.62. The van der Waals surface area contributed by atoms with E-state index in [4.69, 9.17) is 0 Å². The van der Waals surface area contributed by atoms with E-state index in [2.05, 4.69) is 9.47 Å². The lowest BCUT2D eigenvalue weighted by Crippen LogP contribution is -2.21. The summed E-state index contributed by atoms with van der Waals surface area (Å²) in [5, 5.41) is 0. The SMILES string of the molecule is COC(=O)C1CCC(=O)O1. The summed E-state index contributed by atoms with van der Waals surface area (Å²) < 4.78 is 8.97. The van der Waals surface area contributed by atoms with Crippen molar-refractivity contribution < 1.29 is 19.1 Å². The molecule has 1 aliphatic rings. The second kappa shape index (κ2) is 2.68. The van der Waals surface area contributed by atoms with Crippen molar-refractivity contribution in [3.8, 4) is 0 Å². The van der Waals surface area contributed by atoms with Crippen LogP contribution in [0.5, 0.6) is 0 Å². The number of methoxy groups -OCH3 is 1. The third-order valence-electron chi connectivity index (χ3n) is 1.35. The first-order chi connectivity index (χ1) is 4.74. The van der Waals surface area contributed by atoms with E-state index in [1.165, 1.54) is 7.11 Å². The molecule has 0 aromatic rings. The lowest BCUT2D eigenvalue weighted by molar-refractivity contribution is -0.159. The molecule has 0 radical (unpaired) electrons. The molecule has 0 spiro atoms. The average Bonchev–Trinajstić information content (AvgIpc) is 2.34. The van der Waals surface area contributed by atoms with Crippen LogP contribution in [0.25, 0.3) is 0 Å². The van der Waals surface area contributed by atoms with Gasteiger partial charge in [0.05, 0.1) is 7.11 Å². The van der Waals surface area contributed by atoms with Gasteiger partial charge in [0.15, 0.2) is 6.10 Å². The highest BCUT2D eigenvalue weighted by Crippen LogP contribution is 2.14. The van der Waals surface area contributed by atoms with Gasteiger partial charge in [-0.05, 0) is 0 Å². The van der Waals surface area contributed by atoms with Crippen LogP contribution in [0.1, 0.15) is 12.8 Å². The average molecular weight is 144 g/mol. The molecular formula is C6H8O4. The maximum Gasteiger partial charge on any atom is 0.347 e. The molecular weight excluding hydrogens is 136 g/mol. The van der Waals surface area contributed by atoms with Crippen LogP contribution < -0.4 is 0 Å². The van der Waals surface area contributed by atoms with Crippen molar-refractivity contribution in [2.45, 2.75) is 18.9 Å². The Kier molecular flexibility index (Phi) is 1.89. The van der Waals surface area contributed by atoms with E-state index in [1.807, 2.05) is 0 Å². The van der Waals surface area contributed by atoms with Crippen molar-refractivity contribution in [2.75, 3.05) is 7.11 Å². The number of hydrogen-bond donors (Lipinski definition) is 0. The summed E-state index contributed by atoms with van der Waals surface area (Å²) in [6.45, 7) is 0. The first-order valence-electron chi connectivity index (χ1n) is 3.01. The maximum absolute atomic E-state index is 10.7. The van der Waals surface area contributed by atoms with Gasteiger partial charge in [-0.1, -0.05) is 0 Å². The molecule has 1 saturated heterocycles. The number of carbonyl (C=O) groups excluding carboxylic acids is 2. The zero-order valence-corrected chi connectivity index (χ0v) is 5.62. The quantitative estimate of drug-likeness (QED) is 0.481. The van der Waals surface area contributed by atoms with E-state index >= 15 is 0 Å². The van der Waals surface area contributed by atoms with Crippen LogP contribution in [0.3, 0.4) is 0 Å². The van der Waals surface area contributed by atoms with Gasteiger partial charge in [0, 0.05) is 12.8 Å². The molecule has 1 unspecified atom stereocenters. The van der Waals surface area contributed by atoms with Crippen LogP contribution in [-0.2, 0) is 19.1 Å². The van der Waals surface area contributed by atoms with Gasteiger partial charge in [0.25, 0.3) is 0 Å². The molecule has 0 aliphatic carbocycles. The largest absolute Gasteiger partial charge is 0.466 e. The number of cyclic esters (lactones) is 1. The van der Waals surface area contributed by atoms with Crippen molar-refractivity contribution in [3.63, 3.8) is 0 Å². The van der Waals surface area contributed by atoms with E-state index in [-0.39, 0.29) is 5.97 Å². The highest BCUT2D eigenvalue weighted by molar-refractivity contribution is 5.82. The van der Waals surface area contributed by atoms with E-state index in [1.54, 1.807) is 0 Å². The lowest BCUT2D eigenvalue weighted by atomic mass is 10.2. The Morgan fingerprint density at radius 2 is 2.50 bits per heavy atom. The van der Waals surface area contributed by atoms with Gasteiger partial charge in [-0.2, -0.15) is 0 Å². The zero-order chi connectivity index (χ0) is 7.56. The van der Waals surface area contributed by atoms with Crippen LogP contribution in [0, 0.1) is 0 Å². The summed E-state index contributed by atoms with van der Waals surface area (Å²) in [5.41, 5.74) is 0. The molecule has 1 fully saturated rings. The van der Waals surface area contributed by atoms with Crippen molar-refractivity contribution in [2.24, 2.45) is 0 Å². The highest BCUT2D eigenvalue weighted by atomic mass is 16.6. The topological polar surface area (TPSA) is 52.6 Å². The van der Waals surface area contributed by atoms with Crippen LogP contribution in [0.4, 0.5) is 0 Å². The molecule has 1 aliphatic heterocycles. The molecule has 56 valence electrons. The lowest BCUT2D eigenvalue weighted by Gasteiger charge is -2.04. The molecule has 0 saturated carbocycles. The minimum atomic E-state index is -0.655. The molecule has 10 heavy (non-hydrogen) atoms. The Labute approximate surface area is 58.1 Å². The Morgan fingerprint density at radius 1 is 1.80 bits per heavy atom. The number of hydrogen-bond acceptors (Lipinski definition) is 4.